The van der Waals surface area contributed by atoms with E-state index in [4.69, 9.17) is 0 Å². The standard InChI is InChI=1S/C11H17N3O3/c1-8-9(14(16)17)5-6-10(12-8)13(4)11(2,3)7-15/h5-6,15H,7H2,1-4H3. The van der Waals surface area contributed by atoms with E-state index in [1.165, 1.54) is 6.07 Å². The van der Waals surface area contributed by atoms with Gasteiger partial charge in [0.25, 0.3) is 5.69 Å². The van der Waals surface area contributed by atoms with Gasteiger partial charge in [-0.25, -0.2) is 4.98 Å². The van der Waals surface area contributed by atoms with Crippen LogP contribution in [-0.2, 0) is 0 Å². The highest BCUT2D eigenvalue weighted by atomic mass is 16.6. The lowest BCUT2D eigenvalue weighted by Crippen LogP contribution is -2.44. The molecule has 0 radical (unpaired) electrons. The first-order valence-electron chi connectivity index (χ1n) is 5.26. The molecule has 0 aromatic carbocycles. The molecule has 1 N–H and O–H groups in total. The number of hydrogen-bond donors (Lipinski definition) is 1. The van der Waals surface area contributed by atoms with E-state index in [-0.39, 0.29) is 12.3 Å². The summed E-state index contributed by atoms with van der Waals surface area (Å²) in [6.07, 6.45) is 0. The second kappa shape index (κ2) is 4.67. The first-order chi connectivity index (χ1) is 7.79. The Bertz CT molecular complexity index is 432. The van der Waals surface area contributed by atoms with Gasteiger partial charge >= 0.3 is 0 Å². The predicted molar refractivity (Wildman–Crippen MR) is 65.2 cm³/mol. The zero-order valence-corrected chi connectivity index (χ0v) is 10.5. The van der Waals surface area contributed by atoms with Gasteiger partial charge in [0, 0.05) is 13.1 Å². The fourth-order valence-corrected chi connectivity index (χ4v) is 1.34. The summed E-state index contributed by atoms with van der Waals surface area (Å²) in [6, 6.07) is 3.02. The Kier molecular flexibility index (Phi) is 3.67. The lowest BCUT2D eigenvalue weighted by Gasteiger charge is -2.34. The molecule has 0 aliphatic heterocycles. The highest BCUT2D eigenvalue weighted by Crippen LogP contribution is 2.24. The van der Waals surface area contributed by atoms with Crippen molar-refractivity contribution in [1.29, 1.82) is 0 Å². The molecular weight excluding hydrogens is 222 g/mol. The Morgan fingerprint density at radius 2 is 2.12 bits per heavy atom. The third-order valence-electron chi connectivity index (χ3n) is 2.88. The van der Waals surface area contributed by atoms with E-state index in [0.717, 1.165) is 0 Å². The molecule has 0 unspecified atom stereocenters. The van der Waals surface area contributed by atoms with Gasteiger partial charge in [0.05, 0.1) is 17.1 Å². The summed E-state index contributed by atoms with van der Waals surface area (Å²) in [5.74, 6) is 0.604. The summed E-state index contributed by atoms with van der Waals surface area (Å²) >= 11 is 0. The summed E-state index contributed by atoms with van der Waals surface area (Å²) in [6.45, 7) is 5.31. The van der Waals surface area contributed by atoms with Crippen LogP contribution in [0.5, 0.6) is 0 Å². The fourth-order valence-electron chi connectivity index (χ4n) is 1.34. The van der Waals surface area contributed by atoms with Crippen LogP contribution < -0.4 is 4.90 Å². The second-order valence-electron chi connectivity index (χ2n) is 4.56. The predicted octanol–water partition coefficient (Wildman–Crippen LogP) is 1.51. The van der Waals surface area contributed by atoms with E-state index < -0.39 is 10.5 Å². The Morgan fingerprint density at radius 3 is 2.53 bits per heavy atom. The summed E-state index contributed by atoms with van der Waals surface area (Å²) in [5.41, 5.74) is -0.0905. The second-order valence-corrected chi connectivity index (χ2v) is 4.56. The van der Waals surface area contributed by atoms with Crippen molar-refractivity contribution in [2.75, 3.05) is 18.6 Å². The van der Waals surface area contributed by atoms with Gasteiger partial charge < -0.3 is 10.0 Å². The fraction of sp³-hybridized carbons (Fsp3) is 0.545. The van der Waals surface area contributed by atoms with Crippen LogP contribution in [0.3, 0.4) is 0 Å². The van der Waals surface area contributed by atoms with Crippen LogP contribution in [0.1, 0.15) is 19.5 Å². The van der Waals surface area contributed by atoms with Gasteiger partial charge in [-0.1, -0.05) is 0 Å². The maximum absolute atomic E-state index is 10.7. The molecule has 1 aromatic heterocycles. The molecular formula is C11H17N3O3. The normalized spacial score (nSPS) is 11.4. The molecule has 0 saturated heterocycles. The van der Waals surface area contributed by atoms with Crippen molar-refractivity contribution in [3.8, 4) is 0 Å². The highest BCUT2D eigenvalue weighted by Gasteiger charge is 2.24. The van der Waals surface area contributed by atoms with Crippen molar-refractivity contribution in [2.24, 2.45) is 0 Å². The molecule has 94 valence electrons. The number of rotatable bonds is 4. The molecule has 0 spiro atoms. The lowest BCUT2D eigenvalue weighted by atomic mass is 10.1. The van der Waals surface area contributed by atoms with Gasteiger partial charge in [0.2, 0.25) is 0 Å². The Morgan fingerprint density at radius 1 is 1.53 bits per heavy atom. The Balaban J connectivity index is 3.10. The number of aliphatic hydroxyl groups is 1. The van der Waals surface area contributed by atoms with Crippen molar-refractivity contribution in [3.05, 3.63) is 27.9 Å². The minimum Gasteiger partial charge on any atom is -0.394 e. The van der Waals surface area contributed by atoms with E-state index in [0.29, 0.717) is 11.5 Å². The number of hydrogen-bond acceptors (Lipinski definition) is 5. The molecule has 0 aliphatic carbocycles. The van der Waals surface area contributed by atoms with Crippen LogP contribution in [0.4, 0.5) is 11.5 Å². The number of aliphatic hydroxyl groups excluding tert-OH is 1. The average molecular weight is 239 g/mol. The van der Waals surface area contributed by atoms with Crippen LogP contribution in [0.25, 0.3) is 0 Å². The number of nitro groups is 1. The maximum Gasteiger partial charge on any atom is 0.290 e. The van der Waals surface area contributed by atoms with Crippen molar-refractivity contribution >= 4 is 11.5 Å². The lowest BCUT2D eigenvalue weighted by molar-refractivity contribution is -0.385. The molecule has 6 nitrogen and oxygen atoms in total. The largest absolute Gasteiger partial charge is 0.394 e. The number of likely N-dealkylation sites (N-methyl/N-ethyl adjacent to an activating group) is 1. The van der Waals surface area contributed by atoms with E-state index in [1.54, 1.807) is 24.9 Å². The maximum atomic E-state index is 10.7. The Labute approximate surface area is 100 Å². The monoisotopic (exact) mass is 239 g/mol. The average Bonchev–Trinajstić information content (AvgIpc) is 2.27. The third-order valence-corrected chi connectivity index (χ3v) is 2.88. The number of anilines is 1. The molecule has 0 saturated carbocycles. The molecule has 0 atom stereocenters. The van der Waals surface area contributed by atoms with Crippen LogP contribution in [0, 0.1) is 17.0 Å². The van der Waals surface area contributed by atoms with Gasteiger partial charge in [-0.05, 0) is 26.8 Å². The minimum atomic E-state index is -0.463. The van der Waals surface area contributed by atoms with Gasteiger partial charge in [-0.15, -0.1) is 0 Å². The van der Waals surface area contributed by atoms with Crippen LogP contribution in [0.15, 0.2) is 12.1 Å². The van der Waals surface area contributed by atoms with E-state index in [1.807, 2.05) is 13.8 Å². The van der Waals surface area contributed by atoms with E-state index in [9.17, 15) is 15.2 Å². The smallest absolute Gasteiger partial charge is 0.290 e. The van der Waals surface area contributed by atoms with Crippen molar-refractivity contribution in [2.45, 2.75) is 26.3 Å². The van der Waals surface area contributed by atoms with Gasteiger partial charge in [0.15, 0.2) is 0 Å². The van der Waals surface area contributed by atoms with Crippen molar-refractivity contribution in [1.82, 2.24) is 4.98 Å². The Hall–Kier alpha value is -1.69. The third kappa shape index (κ3) is 2.71. The van der Waals surface area contributed by atoms with Crippen LogP contribution >= 0.6 is 0 Å². The van der Waals surface area contributed by atoms with Crippen molar-refractivity contribution < 1.29 is 10.0 Å². The van der Waals surface area contributed by atoms with Gasteiger partial charge in [-0.2, -0.15) is 0 Å². The SMILES string of the molecule is Cc1nc(N(C)C(C)(C)CO)ccc1[N+](=O)[O-]. The molecule has 0 fully saturated rings. The molecule has 1 aromatic rings. The zero-order chi connectivity index (χ0) is 13.2. The molecule has 1 rings (SSSR count). The van der Waals surface area contributed by atoms with E-state index >= 15 is 0 Å². The number of aromatic nitrogens is 1. The van der Waals surface area contributed by atoms with Gasteiger partial charge in [-0.3, -0.25) is 10.1 Å². The van der Waals surface area contributed by atoms with Crippen LogP contribution in [0.2, 0.25) is 0 Å². The van der Waals surface area contributed by atoms with Gasteiger partial charge in [0.1, 0.15) is 11.5 Å². The zero-order valence-electron chi connectivity index (χ0n) is 10.5. The highest BCUT2D eigenvalue weighted by molar-refractivity contribution is 5.47. The summed E-state index contributed by atoms with van der Waals surface area (Å²) < 4.78 is 0. The minimum absolute atomic E-state index is 0.00366. The molecule has 0 amide bonds. The quantitative estimate of drug-likeness (QED) is 0.636. The first-order valence-corrected chi connectivity index (χ1v) is 5.26. The summed E-state index contributed by atoms with van der Waals surface area (Å²) in [4.78, 5) is 16.2. The summed E-state index contributed by atoms with van der Waals surface area (Å²) in [5, 5.41) is 19.9. The van der Waals surface area contributed by atoms with Crippen molar-refractivity contribution in [3.63, 3.8) is 0 Å². The molecule has 17 heavy (non-hydrogen) atoms. The number of pyridine rings is 1. The topological polar surface area (TPSA) is 79.5 Å². The summed E-state index contributed by atoms with van der Waals surface area (Å²) in [7, 11) is 1.80. The first kappa shape index (κ1) is 13.4. The molecule has 6 heteroatoms. The molecule has 1 heterocycles. The van der Waals surface area contributed by atoms with Crippen LogP contribution in [-0.4, -0.2) is 34.2 Å². The molecule has 0 aliphatic rings. The number of aryl methyl sites for hydroxylation is 1. The molecule has 0 bridgehead atoms. The number of nitrogens with zero attached hydrogens (tertiary/aromatic N) is 3. The van der Waals surface area contributed by atoms with E-state index in [2.05, 4.69) is 4.98 Å².